The van der Waals surface area contributed by atoms with Gasteiger partial charge in [0.15, 0.2) is 0 Å². The molecule has 3 unspecified atom stereocenters. The van der Waals surface area contributed by atoms with Crippen LogP contribution in [0, 0.1) is 22.9 Å². The van der Waals surface area contributed by atoms with E-state index in [1.54, 1.807) is 12.3 Å². The van der Waals surface area contributed by atoms with Gasteiger partial charge in [-0.15, -0.1) is 0 Å². The molecule has 1 saturated carbocycles. The summed E-state index contributed by atoms with van der Waals surface area (Å²) in [4.78, 5) is 14.4. The number of hydrogen-bond donors (Lipinski definition) is 0. The SMILES string of the molecule is CC1CCC(C)(N=C=O)C(OC#N)C1(C)C. The Hall–Kier alpha value is -1.33. The van der Waals surface area contributed by atoms with Crippen LogP contribution >= 0.6 is 0 Å². The van der Waals surface area contributed by atoms with E-state index in [1.807, 2.05) is 6.92 Å². The van der Waals surface area contributed by atoms with Crippen LogP contribution in [-0.2, 0) is 9.53 Å². The lowest BCUT2D eigenvalue weighted by Crippen LogP contribution is -2.54. The van der Waals surface area contributed by atoms with E-state index in [2.05, 4.69) is 25.8 Å². The van der Waals surface area contributed by atoms with Crippen molar-refractivity contribution in [3.63, 3.8) is 0 Å². The van der Waals surface area contributed by atoms with E-state index in [1.165, 1.54) is 0 Å². The van der Waals surface area contributed by atoms with Crippen LogP contribution in [-0.4, -0.2) is 17.7 Å². The van der Waals surface area contributed by atoms with Crippen LogP contribution in [0.3, 0.4) is 0 Å². The molecule has 0 amide bonds. The van der Waals surface area contributed by atoms with Crippen molar-refractivity contribution in [2.24, 2.45) is 16.3 Å². The third kappa shape index (κ3) is 1.96. The van der Waals surface area contributed by atoms with Crippen molar-refractivity contribution in [2.75, 3.05) is 0 Å². The van der Waals surface area contributed by atoms with E-state index in [9.17, 15) is 4.79 Å². The molecule has 0 aliphatic heterocycles. The molecule has 0 spiro atoms. The van der Waals surface area contributed by atoms with Gasteiger partial charge in [-0.2, -0.15) is 10.3 Å². The van der Waals surface area contributed by atoms with Crippen LogP contribution < -0.4 is 0 Å². The molecule has 1 aliphatic rings. The number of nitriles is 1. The first kappa shape index (κ1) is 12.7. The maximum Gasteiger partial charge on any atom is 0.286 e. The Bertz CT molecular complexity index is 353. The van der Waals surface area contributed by atoms with Crippen molar-refractivity contribution in [3.8, 4) is 6.26 Å². The number of hydrogen-bond acceptors (Lipinski definition) is 4. The number of rotatable bonds is 2. The molecule has 4 heteroatoms. The van der Waals surface area contributed by atoms with E-state index in [0.29, 0.717) is 5.92 Å². The maximum atomic E-state index is 10.5. The highest BCUT2D eigenvalue weighted by Gasteiger charge is 2.52. The largest absolute Gasteiger partial charge is 0.421 e. The highest BCUT2D eigenvalue weighted by Crippen LogP contribution is 2.48. The molecule has 0 bridgehead atoms. The second-order valence-electron chi connectivity index (χ2n) is 5.41. The van der Waals surface area contributed by atoms with Crippen LogP contribution in [0.2, 0.25) is 0 Å². The summed E-state index contributed by atoms with van der Waals surface area (Å²) in [6.07, 6.45) is 4.70. The fourth-order valence-electron chi connectivity index (χ4n) is 2.62. The Morgan fingerprint density at radius 1 is 1.44 bits per heavy atom. The molecule has 1 aliphatic carbocycles. The lowest BCUT2D eigenvalue weighted by atomic mass is 9.61. The number of isocyanates is 1. The van der Waals surface area contributed by atoms with Gasteiger partial charge in [0.1, 0.15) is 11.6 Å². The first-order valence-corrected chi connectivity index (χ1v) is 5.52. The summed E-state index contributed by atoms with van der Waals surface area (Å²) < 4.78 is 5.17. The molecule has 0 radical (unpaired) electrons. The molecule has 1 rings (SSSR count). The zero-order valence-corrected chi connectivity index (χ0v) is 10.3. The van der Waals surface area contributed by atoms with E-state index < -0.39 is 5.54 Å². The number of carbonyl (C=O) groups excluding carboxylic acids is 1. The highest BCUT2D eigenvalue weighted by molar-refractivity contribution is 5.35. The minimum Gasteiger partial charge on any atom is -0.421 e. The smallest absolute Gasteiger partial charge is 0.286 e. The average molecular weight is 222 g/mol. The molecule has 3 atom stereocenters. The van der Waals surface area contributed by atoms with Gasteiger partial charge in [-0.1, -0.05) is 20.8 Å². The van der Waals surface area contributed by atoms with Crippen LogP contribution in [0.4, 0.5) is 0 Å². The monoisotopic (exact) mass is 222 g/mol. The number of ether oxygens (including phenoxy) is 1. The molecular formula is C12H18N2O2. The quantitative estimate of drug-likeness (QED) is 0.409. The zero-order chi connectivity index (χ0) is 12.4. The topological polar surface area (TPSA) is 62.4 Å². The first-order chi connectivity index (χ1) is 7.38. The maximum absolute atomic E-state index is 10.5. The van der Waals surface area contributed by atoms with Crippen LogP contribution in [0.25, 0.3) is 0 Å². The van der Waals surface area contributed by atoms with Crippen molar-refractivity contribution < 1.29 is 9.53 Å². The van der Waals surface area contributed by atoms with E-state index in [-0.39, 0.29) is 11.5 Å². The standard InChI is InChI=1S/C12H18N2O2/c1-9-5-6-12(4,14-8-15)10(16-7-13)11(9,2)3/h9-10H,5-6H2,1-4H3. The Morgan fingerprint density at radius 2 is 2.06 bits per heavy atom. The Kier molecular flexibility index (Phi) is 3.40. The van der Waals surface area contributed by atoms with Crippen molar-refractivity contribution in [3.05, 3.63) is 0 Å². The number of nitrogens with zero attached hydrogens (tertiary/aromatic N) is 2. The van der Waals surface area contributed by atoms with Gasteiger partial charge in [-0.25, -0.2) is 4.79 Å². The molecule has 0 N–H and O–H groups in total. The summed E-state index contributed by atoms with van der Waals surface area (Å²) in [5.41, 5.74) is -0.809. The van der Waals surface area contributed by atoms with E-state index in [0.717, 1.165) is 12.8 Å². The summed E-state index contributed by atoms with van der Waals surface area (Å²) in [7, 11) is 0. The van der Waals surface area contributed by atoms with Crippen LogP contribution in [0.5, 0.6) is 0 Å². The molecule has 0 aromatic carbocycles. The molecule has 88 valence electrons. The summed E-state index contributed by atoms with van der Waals surface area (Å²) in [5.74, 6) is 0.431. The molecule has 0 aromatic rings. The summed E-state index contributed by atoms with van der Waals surface area (Å²) in [5, 5.41) is 8.73. The zero-order valence-electron chi connectivity index (χ0n) is 10.3. The molecule has 0 aromatic heterocycles. The Labute approximate surface area is 96.3 Å². The van der Waals surface area contributed by atoms with Gasteiger partial charge >= 0.3 is 0 Å². The molecule has 0 heterocycles. The van der Waals surface area contributed by atoms with Gasteiger partial charge in [0, 0.05) is 5.41 Å². The third-order valence-electron chi connectivity index (χ3n) is 4.07. The molecule has 0 saturated heterocycles. The fourth-order valence-corrected chi connectivity index (χ4v) is 2.62. The van der Waals surface area contributed by atoms with Crippen molar-refractivity contribution in [2.45, 2.75) is 52.2 Å². The minimum absolute atomic E-state index is 0.177. The predicted octanol–water partition coefficient (Wildman–Crippen LogP) is 2.40. The minimum atomic E-state index is -0.631. The van der Waals surface area contributed by atoms with Gasteiger partial charge in [-0.05, 0) is 25.7 Å². The van der Waals surface area contributed by atoms with Gasteiger partial charge < -0.3 is 4.74 Å². The van der Waals surface area contributed by atoms with Crippen molar-refractivity contribution in [1.82, 2.24) is 0 Å². The summed E-state index contributed by atoms with van der Waals surface area (Å²) in [6.45, 7) is 8.10. The van der Waals surface area contributed by atoms with E-state index >= 15 is 0 Å². The summed E-state index contributed by atoms with van der Waals surface area (Å²) in [6, 6.07) is 0. The first-order valence-electron chi connectivity index (χ1n) is 5.52. The van der Waals surface area contributed by atoms with Gasteiger partial charge in [0.2, 0.25) is 6.08 Å². The number of aliphatic imine (C=N–C) groups is 1. The molecule has 4 nitrogen and oxygen atoms in total. The van der Waals surface area contributed by atoms with Crippen molar-refractivity contribution >= 4 is 6.08 Å². The third-order valence-corrected chi connectivity index (χ3v) is 4.07. The van der Waals surface area contributed by atoms with Crippen LogP contribution in [0.1, 0.15) is 40.5 Å². The molecular weight excluding hydrogens is 204 g/mol. The molecule has 16 heavy (non-hydrogen) atoms. The van der Waals surface area contributed by atoms with Crippen LogP contribution in [0.15, 0.2) is 4.99 Å². The van der Waals surface area contributed by atoms with Gasteiger partial charge in [0.05, 0.1) is 0 Å². The second-order valence-corrected chi connectivity index (χ2v) is 5.41. The van der Waals surface area contributed by atoms with Crippen molar-refractivity contribution in [1.29, 1.82) is 5.26 Å². The van der Waals surface area contributed by atoms with E-state index in [4.69, 9.17) is 10.00 Å². The Balaban J connectivity index is 3.13. The highest BCUT2D eigenvalue weighted by atomic mass is 16.5. The average Bonchev–Trinajstić information content (AvgIpc) is 2.20. The summed E-state index contributed by atoms with van der Waals surface area (Å²) >= 11 is 0. The van der Waals surface area contributed by atoms with Gasteiger partial charge in [0.25, 0.3) is 6.26 Å². The lowest BCUT2D eigenvalue weighted by molar-refractivity contribution is -0.0709. The predicted molar refractivity (Wildman–Crippen MR) is 59.2 cm³/mol. The second kappa shape index (κ2) is 4.27. The Morgan fingerprint density at radius 3 is 2.56 bits per heavy atom. The molecule has 1 fully saturated rings. The normalized spacial score (nSPS) is 36.9. The van der Waals surface area contributed by atoms with Gasteiger partial charge in [-0.3, -0.25) is 0 Å². The lowest BCUT2D eigenvalue weighted by Gasteiger charge is -2.49. The fraction of sp³-hybridized carbons (Fsp3) is 0.833.